The summed E-state index contributed by atoms with van der Waals surface area (Å²) in [5.41, 5.74) is 0.773. The maximum atomic E-state index is 12.2. The van der Waals surface area contributed by atoms with Crippen LogP contribution >= 0.6 is 0 Å². The molecule has 8 heteroatoms. The number of benzene rings is 1. The van der Waals surface area contributed by atoms with Crippen molar-refractivity contribution in [2.75, 3.05) is 17.2 Å². The van der Waals surface area contributed by atoms with Crippen LogP contribution in [-0.2, 0) is 11.2 Å². The Morgan fingerprint density at radius 3 is 2.79 bits per heavy atom. The Morgan fingerprint density at radius 2 is 2.16 bits per heavy atom. The number of anilines is 2. The number of hydrogen-bond donors (Lipinski definition) is 2. The third kappa shape index (κ3) is 2.95. The van der Waals surface area contributed by atoms with Crippen LogP contribution in [0.1, 0.15) is 12.0 Å². The third-order valence-corrected chi connectivity index (χ3v) is 2.76. The van der Waals surface area contributed by atoms with E-state index in [2.05, 4.69) is 10.6 Å². The number of nitro benzene ring substituents is 1. The highest BCUT2D eigenvalue weighted by Crippen LogP contribution is 2.34. The highest BCUT2D eigenvalue weighted by atomic mass is 19.3. The molecule has 0 spiro atoms. The maximum absolute atomic E-state index is 12.2. The lowest BCUT2D eigenvalue weighted by Crippen LogP contribution is -2.20. The van der Waals surface area contributed by atoms with Crippen molar-refractivity contribution in [3.05, 3.63) is 27.8 Å². The first-order valence-electron chi connectivity index (χ1n) is 5.60. The van der Waals surface area contributed by atoms with Crippen LogP contribution in [0.2, 0.25) is 0 Å². The fraction of sp³-hybridized carbons (Fsp3) is 0.364. The van der Waals surface area contributed by atoms with Crippen molar-refractivity contribution in [1.82, 2.24) is 0 Å². The molecular weight excluding hydrogens is 260 g/mol. The minimum absolute atomic E-state index is 0.0220. The van der Waals surface area contributed by atoms with Gasteiger partial charge in [0.05, 0.1) is 11.5 Å². The molecule has 6 nitrogen and oxygen atoms in total. The molecule has 1 aliphatic rings. The van der Waals surface area contributed by atoms with Crippen LogP contribution in [0.4, 0.5) is 25.8 Å². The molecule has 0 bridgehead atoms. The van der Waals surface area contributed by atoms with Crippen molar-refractivity contribution < 1.29 is 18.5 Å². The molecule has 0 fully saturated rings. The van der Waals surface area contributed by atoms with Crippen molar-refractivity contribution in [1.29, 1.82) is 0 Å². The SMILES string of the molecule is O=C1CCc2cc([N+](=O)[O-])c(NCC(F)F)cc2N1. The Balaban J connectivity index is 2.36. The smallest absolute Gasteiger partial charge is 0.292 e. The summed E-state index contributed by atoms with van der Waals surface area (Å²) in [4.78, 5) is 21.5. The van der Waals surface area contributed by atoms with Crippen LogP contribution in [0.25, 0.3) is 0 Å². The Labute approximate surface area is 106 Å². The first kappa shape index (κ1) is 13.2. The van der Waals surface area contributed by atoms with E-state index >= 15 is 0 Å². The van der Waals surface area contributed by atoms with Gasteiger partial charge in [0.1, 0.15) is 5.69 Å². The molecule has 1 aliphatic heterocycles. The number of aryl methyl sites for hydroxylation is 1. The van der Waals surface area contributed by atoms with Gasteiger partial charge in [-0.3, -0.25) is 14.9 Å². The van der Waals surface area contributed by atoms with Gasteiger partial charge in [-0.05, 0) is 18.1 Å². The number of halogens is 2. The fourth-order valence-corrected chi connectivity index (χ4v) is 1.90. The quantitative estimate of drug-likeness (QED) is 0.649. The second kappa shape index (κ2) is 5.17. The first-order chi connectivity index (χ1) is 8.97. The largest absolute Gasteiger partial charge is 0.374 e. The topological polar surface area (TPSA) is 84.3 Å². The minimum Gasteiger partial charge on any atom is -0.374 e. The number of nitrogens with one attached hydrogen (secondary N) is 2. The van der Waals surface area contributed by atoms with E-state index in [0.29, 0.717) is 17.7 Å². The average molecular weight is 271 g/mol. The van der Waals surface area contributed by atoms with E-state index in [9.17, 15) is 23.7 Å². The molecule has 2 N–H and O–H groups in total. The van der Waals surface area contributed by atoms with Crippen LogP contribution in [0.3, 0.4) is 0 Å². The van der Waals surface area contributed by atoms with Crippen molar-refractivity contribution in [3.63, 3.8) is 0 Å². The zero-order chi connectivity index (χ0) is 14.0. The molecule has 1 heterocycles. The molecule has 0 aromatic heterocycles. The Kier molecular flexibility index (Phi) is 3.59. The second-order valence-corrected chi connectivity index (χ2v) is 4.10. The minimum atomic E-state index is -2.62. The van der Waals surface area contributed by atoms with Gasteiger partial charge in [0.2, 0.25) is 5.91 Å². The number of alkyl halides is 2. The lowest BCUT2D eigenvalue weighted by molar-refractivity contribution is -0.384. The summed E-state index contributed by atoms with van der Waals surface area (Å²) < 4.78 is 24.3. The summed E-state index contributed by atoms with van der Waals surface area (Å²) in [6, 6.07) is 2.63. The van der Waals surface area contributed by atoms with Gasteiger partial charge in [0.15, 0.2) is 0 Å². The number of amides is 1. The maximum Gasteiger partial charge on any atom is 0.292 e. The Bertz CT molecular complexity index is 534. The summed E-state index contributed by atoms with van der Waals surface area (Å²) in [5.74, 6) is -0.193. The van der Waals surface area contributed by atoms with Gasteiger partial charge in [-0.1, -0.05) is 0 Å². The van der Waals surface area contributed by atoms with E-state index in [1.807, 2.05) is 0 Å². The standard InChI is InChI=1S/C11H11F2N3O3/c12-10(13)5-14-8-4-7-6(1-2-11(17)15-7)3-9(8)16(18)19/h3-4,10,14H,1-2,5H2,(H,15,17). The zero-order valence-corrected chi connectivity index (χ0v) is 9.78. The molecule has 0 saturated carbocycles. The van der Waals surface area contributed by atoms with E-state index in [4.69, 9.17) is 0 Å². The first-order valence-corrected chi connectivity index (χ1v) is 5.60. The summed E-state index contributed by atoms with van der Waals surface area (Å²) in [7, 11) is 0. The third-order valence-electron chi connectivity index (χ3n) is 2.76. The highest BCUT2D eigenvalue weighted by molar-refractivity contribution is 5.95. The Hall–Kier alpha value is -2.25. The van der Waals surface area contributed by atoms with E-state index in [0.717, 1.165) is 0 Å². The predicted molar refractivity (Wildman–Crippen MR) is 64.5 cm³/mol. The molecular formula is C11H11F2N3O3. The van der Waals surface area contributed by atoms with E-state index in [1.54, 1.807) is 0 Å². The molecule has 0 aliphatic carbocycles. The van der Waals surface area contributed by atoms with Gasteiger partial charge >= 0.3 is 0 Å². The van der Waals surface area contributed by atoms with Gasteiger partial charge in [0.25, 0.3) is 12.1 Å². The number of hydrogen-bond acceptors (Lipinski definition) is 4. The molecule has 0 unspecified atom stereocenters. The van der Waals surface area contributed by atoms with Crippen LogP contribution in [0.15, 0.2) is 12.1 Å². The van der Waals surface area contributed by atoms with Gasteiger partial charge in [-0.2, -0.15) is 0 Å². The molecule has 1 aromatic rings. The van der Waals surface area contributed by atoms with Gasteiger partial charge in [-0.25, -0.2) is 8.78 Å². The normalized spacial score (nSPS) is 13.9. The molecule has 0 saturated heterocycles. The van der Waals surface area contributed by atoms with E-state index in [-0.39, 0.29) is 23.7 Å². The van der Waals surface area contributed by atoms with Crippen LogP contribution in [-0.4, -0.2) is 23.8 Å². The lowest BCUT2D eigenvalue weighted by atomic mass is 10.0. The summed E-state index contributed by atoms with van der Waals surface area (Å²) >= 11 is 0. The number of rotatable bonds is 4. The molecule has 0 atom stereocenters. The number of carbonyl (C=O) groups is 1. The number of nitrogens with zero attached hydrogens (tertiary/aromatic N) is 1. The van der Waals surface area contributed by atoms with Crippen LogP contribution < -0.4 is 10.6 Å². The van der Waals surface area contributed by atoms with Crippen molar-refractivity contribution >= 4 is 23.0 Å². The molecule has 0 radical (unpaired) electrons. The van der Waals surface area contributed by atoms with E-state index in [1.165, 1.54) is 12.1 Å². The van der Waals surface area contributed by atoms with Crippen LogP contribution in [0, 0.1) is 10.1 Å². The van der Waals surface area contributed by atoms with Crippen molar-refractivity contribution in [2.24, 2.45) is 0 Å². The number of carbonyl (C=O) groups excluding carboxylic acids is 1. The average Bonchev–Trinajstić information content (AvgIpc) is 2.34. The molecule has 102 valence electrons. The molecule has 1 aromatic carbocycles. The lowest BCUT2D eigenvalue weighted by Gasteiger charge is -2.18. The van der Waals surface area contributed by atoms with Gasteiger partial charge in [0, 0.05) is 18.2 Å². The van der Waals surface area contributed by atoms with Gasteiger partial charge < -0.3 is 10.6 Å². The monoisotopic (exact) mass is 271 g/mol. The van der Waals surface area contributed by atoms with Crippen molar-refractivity contribution in [2.45, 2.75) is 19.3 Å². The molecule has 2 rings (SSSR count). The zero-order valence-electron chi connectivity index (χ0n) is 9.78. The molecule has 19 heavy (non-hydrogen) atoms. The highest BCUT2D eigenvalue weighted by Gasteiger charge is 2.22. The van der Waals surface area contributed by atoms with Crippen molar-refractivity contribution in [3.8, 4) is 0 Å². The predicted octanol–water partition coefficient (Wildman–Crippen LogP) is 2.16. The van der Waals surface area contributed by atoms with Gasteiger partial charge in [-0.15, -0.1) is 0 Å². The fourth-order valence-electron chi connectivity index (χ4n) is 1.90. The number of fused-ring (bicyclic) bond motifs is 1. The van der Waals surface area contributed by atoms with E-state index < -0.39 is 17.9 Å². The molecule has 1 amide bonds. The summed E-state index contributed by atoms with van der Waals surface area (Å²) in [5, 5.41) is 15.8. The van der Waals surface area contributed by atoms with Crippen LogP contribution in [0.5, 0.6) is 0 Å². The summed E-state index contributed by atoms with van der Waals surface area (Å²) in [6.07, 6.45) is -1.96. The second-order valence-electron chi connectivity index (χ2n) is 4.10. The summed E-state index contributed by atoms with van der Waals surface area (Å²) in [6.45, 7) is -0.687. The Morgan fingerprint density at radius 1 is 1.42 bits per heavy atom. The number of nitro groups is 1.